The van der Waals surface area contributed by atoms with Gasteiger partial charge in [0.15, 0.2) is 0 Å². The molecule has 3 heteroatoms. The molecule has 148 valence electrons. The van der Waals surface area contributed by atoms with Crippen LogP contribution in [-0.2, 0) is 16.6 Å². The third kappa shape index (κ3) is 4.17. The van der Waals surface area contributed by atoms with Gasteiger partial charge in [-0.05, 0) is 107 Å². The molecule has 27 heavy (non-hydrogen) atoms. The lowest BCUT2D eigenvalue weighted by atomic mass is 9.76. The van der Waals surface area contributed by atoms with E-state index in [-0.39, 0.29) is 6.09 Å². The number of alkyl carbamates (subject to hydrolysis) is 1. The maximum absolute atomic E-state index is 12.0. The van der Waals surface area contributed by atoms with E-state index in [4.69, 9.17) is 4.74 Å². The Labute approximate surface area is 164 Å². The van der Waals surface area contributed by atoms with E-state index in [2.05, 4.69) is 29.6 Å². The number of amides is 1. The number of hydrogen-bond acceptors (Lipinski definition) is 2. The van der Waals surface area contributed by atoms with Crippen molar-refractivity contribution in [2.45, 2.75) is 95.6 Å². The molecule has 2 unspecified atom stereocenters. The smallest absolute Gasteiger partial charge is 0.407 e. The van der Waals surface area contributed by atoms with Gasteiger partial charge in [0.05, 0.1) is 0 Å². The SMILES string of the molecule is CC(C)(C)OC(=O)NC1CCC(CC2CC23CCCc2ccccc23)CC1. The van der Waals surface area contributed by atoms with Crippen molar-refractivity contribution in [2.24, 2.45) is 11.8 Å². The minimum absolute atomic E-state index is 0.258. The lowest BCUT2D eigenvalue weighted by Gasteiger charge is -2.31. The topological polar surface area (TPSA) is 38.3 Å². The van der Waals surface area contributed by atoms with Crippen LogP contribution in [0.3, 0.4) is 0 Å². The summed E-state index contributed by atoms with van der Waals surface area (Å²) in [5, 5.41) is 3.07. The zero-order chi connectivity index (χ0) is 19.1. The van der Waals surface area contributed by atoms with E-state index in [9.17, 15) is 4.79 Å². The predicted molar refractivity (Wildman–Crippen MR) is 109 cm³/mol. The Balaban J connectivity index is 1.26. The van der Waals surface area contributed by atoms with Crippen molar-refractivity contribution in [3.05, 3.63) is 35.4 Å². The number of hydrogen-bond donors (Lipinski definition) is 1. The Morgan fingerprint density at radius 3 is 2.67 bits per heavy atom. The molecule has 3 aliphatic carbocycles. The van der Waals surface area contributed by atoms with Gasteiger partial charge in [0.2, 0.25) is 0 Å². The van der Waals surface area contributed by atoms with E-state index >= 15 is 0 Å². The largest absolute Gasteiger partial charge is 0.444 e. The van der Waals surface area contributed by atoms with Gasteiger partial charge in [0, 0.05) is 6.04 Å². The first-order valence-corrected chi connectivity index (χ1v) is 10.9. The highest BCUT2D eigenvalue weighted by molar-refractivity contribution is 5.68. The summed E-state index contributed by atoms with van der Waals surface area (Å²) in [5.74, 6) is 1.72. The maximum Gasteiger partial charge on any atom is 0.407 e. The summed E-state index contributed by atoms with van der Waals surface area (Å²) in [6.07, 6.45) is 11.2. The Hall–Kier alpha value is -1.51. The minimum atomic E-state index is -0.419. The van der Waals surface area contributed by atoms with Gasteiger partial charge in [0.1, 0.15) is 5.60 Å². The van der Waals surface area contributed by atoms with Gasteiger partial charge >= 0.3 is 6.09 Å². The van der Waals surface area contributed by atoms with Crippen molar-refractivity contribution in [2.75, 3.05) is 0 Å². The molecule has 0 saturated heterocycles. The standard InChI is InChI=1S/C24H35NO2/c1-23(2,3)27-22(26)25-20-12-10-17(11-13-20)15-19-16-24(19)14-6-8-18-7-4-5-9-21(18)24/h4-5,7,9,17,19-20H,6,8,10-16H2,1-3H3,(H,25,26). The summed E-state index contributed by atoms with van der Waals surface area (Å²) in [6, 6.07) is 9.47. The molecule has 1 aromatic rings. The molecule has 0 aromatic heterocycles. The van der Waals surface area contributed by atoms with E-state index in [0.717, 1.165) is 24.7 Å². The van der Waals surface area contributed by atoms with Gasteiger partial charge in [-0.1, -0.05) is 24.3 Å². The van der Waals surface area contributed by atoms with Crippen LogP contribution in [0.1, 0.15) is 83.3 Å². The molecular formula is C24H35NO2. The van der Waals surface area contributed by atoms with Crippen LogP contribution in [0.4, 0.5) is 4.79 Å². The predicted octanol–water partition coefficient (Wildman–Crippen LogP) is 5.75. The zero-order valence-electron chi connectivity index (χ0n) is 17.2. The van der Waals surface area contributed by atoms with Crippen LogP contribution in [0.15, 0.2) is 24.3 Å². The molecule has 3 aliphatic rings. The summed E-state index contributed by atoms with van der Waals surface area (Å²) in [5.41, 5.74) is 3.37. The van der Waals surface area contributed by atoms with Gasteiger partial charge in [-0.15, -0.1) is 0 Å². The van der Waals surface area contributed by atoms with Crippen LogP contribution in [0.25, 0.3) is 0 Å². The normalized spacial score (nSPS) is 32.6. The fourth-order valence-electron chi connectivity index (χ4n) is 5.70. The summed E-state index contributed by atoms with van der Waals surface area (Å²) < 4.78 is 5.40. The highest BCUT2D eigenvalue weighted by Gasteiger charge is 2.56. The summed E-state index contributed by atoms with van der Waals surface area (Å²) >= 11 is 0. The van der Waals surface area contributed by atoms with E-state index < -0.39 is 5.60 Å². The Bertz CT molecular complexity index is 684. The van der Waals surface area contributed by atoms with Gasteiger partial charge in [-0.25, -0.2) is 4.79 Å². The second kappa shape index (κ2) is 7.14. The zero-order valence-corrected chi connectivity index (χ0v) is 17.2. The first-order valence-electron chi connectivity index (χ1n) is 10.9. The molecule has 1 N–H and O–H groups in total. The molecule has 0 bridgehead atoms. The molecular weight excluding hydrogens is 334 g/mol. The van der Waals surface area contributed by atoms with E-state index in [1.165, 1.54) is 44.9 Å². The lowest BCUT2D eigenvalue weighted by molar-refractivity contribution is 0.0486. The molecule has 2 saturated carbocycles. The molecule has 1 spiro atoms. The number of carbonyl (C=O) groups excluding carboxylic acids is 1. The van der Waals surface area contributed by atoms with E-state index in [0.29, 0.717) is 11.5 Å². The van der Waals surface area contributed by atoms with Crippen molar-refractivity contribution in [3.63, 3.8) is 0 Å². The maximum atomic E-state index is 12.0. The molecule has 4 rings (SSSR count). The molecule has 2 fully saturated rings. The van der Waals surface area contributed by atoms with Crippen molar-refractivity contribution in [3.8, 4) is 0 Å². The molecule has 0 radical (unpaired) electrons. The van der Waals surface area contributed by atoms with Gasteiger partial charge in [-0.3, -0.25) is 0 Å². The minimum Gasteiger partial charge on any atom is -0.444 e. The van der Waals surface area contributed by atoms with Crippen LogP contribution in [-0.4, -0.2) is 17.7 Å². The van der Waals surface area contributed by atoms with Crippen molar-refractivity contribution < 1.29 is 9.53 Å². The Morgan fingerprint density at radius 1 is 1.19 bits per heavy atom. The highest BCUT2D eigenvalue weighted by atomic mass is 16.6. The summed E-state index contributed by atoms with van der Waals surface area (Å²) in [4.78, 5) is 12.0. The first-order chi connectivity index (χ1) is 12.9. The summed E-state index contributed by atoms with van der Waals surface area (Å²) in [6.45, 7) is 5.75. The second-order valence-electron chi connectivity index (χ2n) is 10.2. The molecule has 0 heterocycles. The highest BCUT2D eigenvalue weighted by Crippen LogP contribution is 2.62. The number of benzene rings is 1. The van der Waals surface area contributed by atoms with Gasteiger partial charge < -0.3 is 10.1 Å². The van der Waals surface area contributed by atoms with Crippen LogP contribution < -0.4 is 5.32 Å². The Morgan fingerprint density at radius 2 is 1.93 bits per heavy atom. The molecule has 3 nitrogen and oxygen atoms in total. The van der Waals surface area contributed by atoms with Crippen LogP contribution in [0, 0.1) is 11.8 Å². The van der Waals surface area contributed by atoms with Crippen molar-refractivity contribution >= 4 is 6.09 Å². The molecule has 2 atom stereocenters. The van der Waals surface area contributed by atoms with E-state index in [1.807, 2.05) is 20.8 Å². The monoisotopic (exact) mass is 369 g/mol. The third-order valence-corrected chi connectivity index (χ3v) is 7.04. The average Bonchev–Trinajstić information content (AvgIpc) is 3.28. The number of fused-ring (bicyclic) bond motifs is 2. The third-order valence-electron chi connectivity index (χ3n) is 7.04. The van der Waals surface area contributed by atoms with Crippen LogP contribution >= 0.6 is 0 Å². The quantitative estimate of drug-likeness (QED) is 0.736. The van der Waals surface area contributed by atoms with Crippen LogP contribution in [0.2, 0.25) is 0 Å². The molecule has 1 amide bonds. The van der Waals surface area contributed by atoms with Gasteiger partial charge in [-0.2, -0.15) is 0 Å². The number of ether oxygens (including phenoxy) is 1. The van der Waals surface area contributed by atoms with E-state index in [1.54, 1.807) is 11.1 Å². The van der Waals surface area contributed by atoms with Crippen molar-refractivity contribution in [1.29, 1.82) is 0 Å². The molecule has 0 aliphatic heterocycles. The number of rotatable bonds is 3. The average molecular weight is 370 g/mol. The number of carbonyl (C=O) groups is 1. The summed E-state index contributed by atoms with van der Waals surface area (Å²) in [7, 11) is 0. The number of aryl methyl sites for hydroxylation is 1. The lowest BCUT2D eigenvalue weighted by Crippen LogP contribution is -2.41. The second-order valence-corrected chi connectivity index (χ2v) is 10.2. The van der Waals surface area contributed by atoms with Crippen LogP contribution in [0.5, 0.6) is 0 Å². The first kappa shape index (κ1) is 18.8. The fraction of sp³-hybridized carbons (Fsp3) is 0.708. The van der Waals surface area contributed by atoms with Crippen molar-refractivity contribution in [1.82, 2.24) is 5.32 Å². The number of nitrogens with one attached hydrogen (secondary N) is 1. The molecule has 1 aromatic carbocycles. The fourth-order valence-corrected chi connectivity index (χ4v) is 5.70. The van der Waals surface area contributed by atoms with Gasteiger partial charge in [0.25, 0.3) is 0 Å². The Kier molecular flexibility index (Phi) is 4.98.